The molecular weight excluding hydrogens is 588 g/mol. The van der Waals surface area contributed by atoms with E-state index in [2.05, 4.69) is 19.9 Å². The van der Waals surface area contributed by atoms with Crippen molar-refractivity contribution in [2.24, 2.45) is 0 Å². The molecule has 5 rings (SSSR count). The second-order valence-electron chi connectivity index (χ2n) is 12.9. The molecule has 0 aromatic heterocycles. The molecule has 0 amide bonds. The summed E-state index contributed by atoms with van der Waals surface area (Å²) in [6, 6.07) is 15.8. The zero-order chi connectivity index (χ0) is 32.6. The average molecular weight is 639 g/mol. The number of hydrogen-bond acceptors (Lipinski definition) is 9. The van der Waals surface area contributed by atoms with Gasteiger partial charge in [0, 0.05) is 19.3 Å². The lowest BCUT2D eigenvalue weighted by Crippen LogP contribution is -2.62. The van der Waals surface area contributed by atoms with E-state index in [9.17, 15) is 4.79 Å². The largest absolute Gasteiger partial charge is 0.497 e. The molecule has 2 fully saturated rings. The molecule has 0 N–H and O–H groups in total. The summed E-state index contributed by atoms with van der Waals surface area (Å²) in [6.45, 7) is 7.77. The number of methoxy groups -OCH3 is 2. The number of ether oxygens (including phenoxy) is 8. The van der Waals surface area contributed by atoms with Crippen molar-refractivity contribution in [2.45, 2.75) is 115 Å². The molecule has 0 radical (unpaired) electrons. The Labute approximate surface area is 273 Å². The topological polar surface area (TPSA) is 90.9 Å². The summed E-state index contributed by atoms with van der Waals surface area (Å²) in [4.78, 5) is 11.9. The van der Waals surface area contributed by atoms with Gasteiger partial charge in [-0.3, -0.25) is 4.79 Å². The fourth-order valence-electron chi connectivity index (χ4n) is 6.88. The molecule has 252 valence electrons. The molecule has 2 saturated heterocycles. The van der Waals surface area contributed by atoms with Crippen molar-refractivity contribution in [1.82, 2.24) is 0 Å². The molecule has 46 heavy (non-hydrogen) atoms. The number of allylic oxidation sites excluding steroid dienone is 1. The molecule has 0 saturated carbocycles. The molecule has 6 atom stereocenters. The number of carbonyl (C=O) groups excluding carboxylic acids is 1. The Bertz CT molecular complexity index is 1290. The van der Waals surface area contributed by atoms with Crippen molar-refractivity contribution in [3.05, 3.63) is 71.5 Å². The summed E-state index contributed by atoms with van der Waals surface area (Å²) in [5, 5.41) is 0. The summed E-state index contributed by atoms with van der Waals surface area (Å²) >= 11 is 0. The number of hydrogen-bond donors (Lipinski definition) is 0. The Morgan fingerprint density at radius 3 is 2.22 bits per heavy atom. The van der Waals surface area contributed by atoms with Crippen LogP contribution in [0.5, 0.6) is 11.5 Å². The van der Waals surface area contributed by atoms with Gasteiger partial charge in [0.05, 0.1) is 64.2 Å². The lowest BCUT2D eigenvalue weighted by Gasteiger charge is -2.54. The van der Waals surface area contributed by atoms with Crippen LogP contribution in [-0.2, 0) is 46.4 Å². The van der Waals surface area contributed by atoms with E-state index in [-0.39, 0.29) is 30.4 Å². The Morgan fingerprint density at radius 1 is 0.891 bits per heavy atom. The van der Waals surface area contributed by atoms with E-state index in [1.165, 1.54) is 0 Å². The van der Waals surface area contributed by atoms with Crippen LogP contribution in [0.25, 0.3) is 0 Å². The van der Waals surface area contributed by atoms with Crippen molar-refractivity contribution in [1.29, 1.82) is 0 Å². The maximum Gasteiger partial charge on any atom is 0.305 e. The molecule has 3 aliphatic rings. The Hall–Kier alpha value is -3.11. The van der Waals surface area contributed by atoms with Crippen molar-refractivity contribution >= 4 is 5.97 Å². The standard InChI is InChI=1S/C37H50O9/c1-6-42-35(38)9-7-8-30-18-20-33-36(2,45-30)25-37(3)34(44-33)21-19-31(43-23-27-12-16-29(40-5)17-13-27)32(46-37)24-41-22-26-10-14-28(39-4)15-11-26/h10-18,31-34H,6-9,19-25H2,1-5H3/t31-,32+,33-,34+,36+,37-/m1/s1. The molecule has 3 heterocycles. The predicted octanol–water partition coefficient (Wildman–Crippen LogP) is 6.70. The molecule has 2 aromatic rings. The zero-order valence-electron chi connectivity index (χ0n) is 28.0. The first kappa shape index (κ1) is 34.2. The molecule has 2 aromatic carbocycles. The first-order valence-electron chi connectivity index (χ1n) is 16.6. The van der Waals surface area contributed by atoms with Gasteiger partial charge < -0.3 is 37.9 Å². The van der Waals surface area contributed by atoms with Gasteiger partial charge >= 0.3 is 5.97 Å². The molecule has 0 unspecified atom stereocenters. The van der Waals surface area contributed by atoms with Crippen molar-refractivity contribution in [3.8, 4) is 11.5 Å². The smallest absolute Gasteiger partial charge is 0.305 e. The number of fused-ring (bicyclic) bond motifs is 2. The van der Waals surface area contributed by atoms with Crippen LogP contribution in [0, 0.1) is 0 Å². The van der Waals surface area contributed by atoms with Crippen LogP contribution in [-0.4, -0.2) is 69.0 Å². The van der Waals surface area contributed by atoms with E-state index < -0.39 is 11.2 Å². The highest BCUT2D eigenvalue weighted by atomic mass is 16.6. The maximum absolute atomic E-state index is 11.9. The quantitative estimate of drug-likeness (QED) is 0.210. The van der Waals surface area contributed by atoms with Crippen LogP contribution in [0.1, 0.15) is 76.8 Å². The van der Waals surface area contributed by atoms with Crippen molar-refractivity contribution in [3.63, 3.8) is 0 Å². The van der Waals surface area contributed by atoms with Gasteiger partial charge in [0.25, 0.3) is 0 Å². The second-order valence-corrected chi connectivity index (χ2v) is 12.9. The third-order valence-corrected chi connectivity index (χ3v) is 9.31. The number of rotatable bonds is 14. The van der Waals surface area contributed by atoms with Crippen LogP contribution in [0.4, 0.5) is 0 Å². The van der Waals surface area contributed by atoms with E-state index in [4.69, 9.17) is 37.9 Å². The van der Waals surface area contributed by atoms with E-state index in [1.54, 1.807) is 14.2 Å². The first-order valence-corrected chi connectivity index (χ1v) is 16.6. The van der Waals surface area contributed by atoms with Crippen molar-refractivity contribution < 1.29 is 42.7 Å². The highest BCUT2D eigenvalue weighted by molar-refractivity contribution is 5.69. The molecule has 0 aliphatic carbocycles. The fourth-order valence-corrected chi connectivity index (χ4v) is 6.88. The van der Waals surface area contributed by atoms with Crippen LogP contribution < -0.4 is 9.47 Å². The summed E-state index contributed by atoms with van der Waals surface area (Å²) in [6.07, 6.45) is 6.22. The van der Waals surface area contributed by atoms with Gasteiger partial charge in [0.1, 0.15) is 29.3 Å². The SMILES string of the molecule is CCOC(=O)CCCC1=CC[C@H]2O[C@H]3CC[C@@H](OCc4ccc(OC)cc4)[C@H](COCc4ccc(OC)cc4)O[C@]3(C)C[C@]2(C)O1. The van der Waals surface area contributed by atoms with Crippen LogP contribution in [0.2, 0.25) is 0 Å². The van der Waals surface area contributed by atoms with E-state index in [0.717, 1.165) is 47.6 Å². The normalized spacial score (nSPS) is 28.9. The Kier molecular flexibility index (Phi) is 11.6. The molecular formula is C37H50O9. The minimum Gasteiger partial charge on any atom is -0.497 e. The summed E-state index contributed by atoms with van der Waals surface area (Å²) in [5.74, 6) is 2.36. The Balaban J connectivity index is 1.27. The van der Waals surface area contributed by atoms with Gasteiger partial charge in [-0.2, -0.15) is 0 Å². The van der Waals surface area contributed by atoms with Gasteiger partial charge in [0.15, 0.2) is 0 Å². The third kappa shape index (κ3) is 8.62. The van der Waals surface area contributed by atoms with E-state index >= 15 is 0 Å². The minimum absolute atomic E-state index is 0.0791. The van der Waals surface area contributed by atoms with Gasteiger partial charge in [-0.05, 0) is 87.9 Å². The van der Waals surface area contributed by atoms with E-state index in [1.807, 2.05) is 55.5 Å². The molecule has 0 spiro atoms. The third-order valence-electron chi connectivity index (χ3n) is 9.31. The van der Waals surface area contributed by atoms with E-state index in [0.29, 0.717) is 52.1 Å². The van der Waals surface area contributed by atoms with Gasteiger partial charge in [-0.25, -0.2) is 0 Å². The minimum atomic E-state index is -0.606. The predicted molar refractivity (Wildman–Crippen MR) is 173 cm³/mol. The van der Waals surface area contributed by atoms with Gasteiger partial charge in [0.2, 0.25) is 0 Å². The second kappa shape index (κ2) is 15.7. The summed E-state index contributed by atoms with van der Waals surface area (Å²) in [7, 11) is 3.33. The lowest BCUT2D eigenvalue weighted by atomic mass is 9.76. The van der Waals surface area contributed by atoms with Crippen molar-refractivity contribution in [2.75, 3.05) is 27.4 Å². The van der Waals surface area contributed by atoms with Crippen LogP contribution in [0.3, 0.4) is 0 Å². The average Bonchev–Trinajstić information content (AvgIpc) is 3.17. The number of esters is 1. The first-order chi connectivity index (χ1) is 22.2. The number of benzene rings is 2. The molecule has 0 bridgehead atoms. The fraction of sp³-hybridized carbons (Fsp3) is 0.595. The number of carbonyl (C=O) groups is 1. The lowest BCUT2D eigenvalue weighted by molar-refractivity contribution is -0.279. The van der Waals surface area contributed by atoms with Crippen LogP contribution in [0.15, 0.2) is 60.4 Å². The molecule has 3 aliphatic heterocycles. The van der Waals surface area contributed by atoms with Gasteiger partial charge in [-0.15, -0.1) is 0 Å². The zero-order valence-corrected chi connectivity index (χ0v) is 28.0. The molecule has 9 nitrogen and oxygen atoms in total. The maximum atomic E-state index is 11.9. The summed E-state index contributed by atoms with van der Waals surface area (Å²) < 4.78 is 49.0. The van der Waals surface area contributed by atoms with Gasteiger partial charge in [-0.1, -0.05) is 24.3 Å². The summed E-state index contributed by atoms with van der Waals surface area (Å²) in [5.41, 5.74) is 0.961. The highest BCUT2D eigenvalue weighted by Gasteiger charge is 2.57. The monoisotopic (exact) mass is 638 g/mol. The Morgan fingerprint density at radius 2 is 1.57 bits per heavy atom. The highest BCUT2D eigenvalue weighted by Crippen LogP contribution is 2.48. The molecule has 9 heteroatoms. The van der Waals surface area contributed by atoms with Crippen LogP contribution >= 0.6 is 0 Å².